The summed E-state index contributed by atoms with van der Waals surface area (Å²) in [6, 6.07) is 16.2. The van der Waals surface area contributed by atoms with Crippen LogP contribution in [0.5, 0.6) is 0 Å². The molecular weight excluding hydrogens is 336 g/mol. The van der Waals surface area contributed by atoms with Gasteiger partial charge in [-0.2, -0.15) is 5.26 Å². The number of hydrogen-bond donors (Lipinski definition) is 1. The first-order valence-corrected chi connectivity index (χ1v) is 7.98. The highest BCUT2D eigenvalue weighted by atomic mass is 35.5. The number of rotatable bonds is 3. The Morgan fingerprint density at radius 2 is 2.00 bits per heavy atom. The molecule has 4 aromatic rings. The fourth-order valence-electron chi connectivity index (χ4n) is 2.86. The molecule has 1 atom stereocenters. The van der Waals surface area contributed by atoms with Crippen LogP contribution in [0.1, 0.15) is 22.1 Å². The zero-order valence-corrected chi connectivity index (χ0v) is 13.7. The molecule has 0 bridgehead atoms. The molecule has 0 saturated heterocycles. The normalized spacial score (nSPS) is 12.2. The van der Waals surface area contributed by atoms with Crippen molar-refractivity contribution < 1.29 is 4.79 Å². The molecule has 0 fully saturated rings. The van der Waals surface area contributed by atoms with Crippen molar-refractivity contribution in [2.75, 3.05) is 0 Å². The van der Waals surface area contributed by atoms with E-state index in [0.29, 0.717) is 32.8 Å². The number of carbonyl (C=O) groups excluding carboxylic acids is 1. The number of nitriles is 1. The summed E-state index contributed by atoms with van der Waals surface area (Å²) in [7, 11) is 0. The number of aromatic amines is 1. The number of H-pyrrole nitrogens is 1. The van der Waals surface area contributed by atoms with Crippen LogP contribution in [0.2, 0.25) is 5.02 Å². The lowest BCUT2D eigenvalue weighted by Gasteiger charge is -2.09. The Hall–Kier alpha value is -3.23. The van der Waals surface area contributed by atoms with Crippen molar-refractivity contribution in [3.05, 3.63) is 71.1 Å². The first-order valence-electron chi connectivity index (χ1n) is 7.61. The minimum Gasteiger partial charge on any atom is -0.340 e. The Labute approximate surface area is 147 Å². The maximum Gasteiger partial charge on any atom is 0.188 e. The van der Waals surface area contributed by atoms with Crippen molar-refractivity contribution in [3.63, 3.8) is 0 Å². The topological polar surface area (TPSA) is 82.4 Å². The van der Waals surface area contributed by atoms with E-state index in [0.717, 1.165) is 5.52 Å². The Bertz CT molecular complexity index is 1130. The molecule has 0 amide bonds. The summed E-state index contributed by atoms with van der Waals surface area (Å²) in [6.45, 7) is 0. The lowest BCUT2D eigenvalue weighted by atomic mass is 9.95. The van der Waals surface area contributed by atoms with Gasteiger partial charge in [0.15, 0.2) is 11.7 Å². The molecule has 0 radical (unpaired) electrons. The molecule has 0 spiro atoms. The number of ketones is 1. The van der Waals surface area contributed by atoms with Gasteiger partial charge in [-0.1, -0.05) is 29.8 Å². The van der Waals surface area contributed by atoms with Crippen LogP contribution in [0, 0.1) is 11.3 Å². The standard InChI is InChI=1S/C19H11ClN4O/c20-14-8-7-12(11-4-3-9-22-17(11)14)18(25)13(10-21)19-23-15-5-1-2-6-16(15)24-19/h1-9,13H,(H,23,24)/t13-/m1/s1. The Balaban J connectivity index is 1.84. The van der Waals surface area contributed by atoms with Crippen LogP contribution in [0.25, 0.3) is 21.9 Å². The van der Waals surface area contributed by atoms with E-state index in [-0.39, 0.29) is 5.78 Å². The molecule has 2 heterocycles. The summed E-state index contributed by atoms with van der Waals surface area (Å²) < 4.78 is 0. The number of fused-ring (bicyclic) bond motifs is 2. The minimum atomic E-state index is -1.03. The lowest BCUT2D eigenvalue weighted by molar-refractivity contribution is 0.0978. The van der Waals surface area contributed by atoms with Gasteiger partial charge >= 0.3 is 0 Å². The SMILES string of the molecule is N#C[C@H](C(=O)c1ccc(Cl)c2ncccc12)c1nc2ccccc2[nH]1. The van der Waals surface area contributed by atoms with Crippen molar-refractivity contribution >= 4 is 39.3 Å². The number of nitrogens with zero attached hydrogens (tertiary/aromatic N) is 3. The lowest BCUT2D eigenvalue weighted by Crippen LogP contribution is -2.13. The summed E-state index contributed by atoms with van der Waals surface area (Å²) in [5.41, 5.74) is 2.44. The highest BCUT2D eigenvalue weighted by Crippen LogP contribution is 2.28. The average Bonchev–Trinajstić information content (AvgIpc) is 3.06. The van der Waals surface area contributed by atoms with Crippen molar-refractivity contribution in [1.29, 1.82) is 5.26 Å². The van der Waals surface area contributed by atoms with Crippen LogP contribution in [0.4, 0.5) is 0 Å². The van der Waals surface area contributed by atoms with Gasteiger partial charge in [-0.25, -0.2) is 4.98 Å². The Morgan fingerprint density at radius 1 is 1.16 bits per heavy atom. The van der Waals surface area contributed by atoms with Gasteiger partial charge in [0.2, 0.25) is 0 Å². The molecule has 0 saturated carbocycles. The zero-order chi connectivity index (χ0) is 17.4. The number of para-hydroxylation sites is 2. The van der Waals surface area contributed by atoms with E-state index < -0.39 is 5.92 Å². The van der Waals surface area contributed by atoms with Crippen molar-refractivity contribution in [2.45, 2.75) is 5.92 Å². The van der Waals surface area contributed by atoms with Crippen LogP contribution in [-0.2, 0) is 0 Å². The van der Waals surface area contributed by atoms with E-state index in [1.54, 1.807) is 30.5 Å². The number of pyridine rings is 1. The summed E-state index contributed by atoms with van der Waals surface area (Å²) in [6.07, 6.45) is 1.61. The van der Waals surface area contributed by atoms with E-state index >= 15 is 0 Å². The monoisotopic (exact) mass is 346 g/mol. The van der Waals surface area contributed by atoms with E-state index in [9.17, 15) is 10.1 Å². The first-order chi connectivity index (χ1) is 12.2. The molecule has 6 heteroatoms. The third-order valence-electron chi connectivity index (χ3n) is 4.06. The first kappa shape index (κ1) is 15.3. The average molecular weight is 347 g/mol. The largest absolute Gasteiger partial charge is 0.340 e. The number of aromatic nitrogens is 3. The summed E-state index contributed by atoms with van der Waals surface area (Å²) in [5, 5.41) is 10.7. The summed E-state index contributed by atoms with van der Waals surface area (Å²) >= 11 is 6.16. The predicted molar refractivity (Wildman–Crippen MR) is 95.5 cm³/mol. The van der Waals surface area contributed by atoms with Gasteiger partial charge in [0.05, 0.1) is 27.6 Å². The number of nitrogens with one attached hydrogen (secondary N) is 1. The van der Waals surface area contributed by atoms with E-state index in [1.807, 2.05) is 24.3 Å². The van der Waals surface area contributed by atoms with E-state index in [4.69, 9.17) is 11.6 Å². The van der Waals surface area contributed by atoms with Crippen molar-refractivity contribution in [2.24, 2.45) is 0 Å². The molecule has 2 aromatic carbocycles. The second-order valence-corrected chi connectivity index (χ2v) is 5.97. The number of benzene rings is 2. The minimum absolute atomic E-state index is 0.334. The van der Waals surface area contributed by atoms with Gasteiger partial charge in [0.1, 0.15) is 5.82 Å². The molecule has 4 rings (SSSR count). The van der Waals surface area contributed by atoms with E-state index in [1.165, 1.54) is 0 Å². The van der Waals surface area contributed by atoms with Crippen LogP contribution >= 0.6 is 11.6 Å². The van der Waals surface area contributed by atoms with Crippen LogP contribution in [0.15, 0.2) is 54.7 Å². The second-order valence-electron chi connectivity index (χ2n) is 5.56. The van der Waals surface area contributed by atoms with Gasteiger partial charge < -0.3 is 4.98 Å². The molecule has 0 aliphatic heterocycles. The summed E-state index contributed by atoms with van der Waals surface area (Å²) in [5.74, 6) is -1.03. The summed E-state index contributed by atoms with van der Waals surface area (Å²) in [4.78, 5) is 24.7. The third kappa shape index (κ3) is 2.53. The molecule has 120 valence electrons. The quantitative estimate of drug-likeness (QED) is 0.562. The smallest absolute Gasteiger partial charge is 0.188 e. The zero-order valence-electron chi connectivity index (χ0n) is 12.9. The highest BCUT2D eigenvalue weighted by Gasteiger charge is 2.26. The van der Waals surface area contributed by atoms with Crippen LogP contribution in [-0.4, -0.2) is 20.7 Å². The van der Waals surface area contributed by atoms with E-state index in [2.05, 4.69) is 21.0 Å². The number of halogens is 1. The second kappa shape index (κ2) is 6.00. The molecular formula is C19H11ClN4O. The molecule has 0 unspecified atom stereocenters. The van der Waals surface area contributed by atoms with Crippen LogP contribution < -0.4 is 0 Å². The fraction of sp³-hybridized carbons (Fsp3) is 0.0526. The van der Waals surface area contributed by atoms with Crippen molar-refractivity contribution in [3.8, 4) is 6.07 Å². The number of imidazole rings is 1. The van der Waals surface area contributed by atoms with Gasteiger partial charge in [0, 0.05) is 17.1 Å². The Kier molecular flexibility index (Phi) is 3.68. The van der Waals surface area contributed by atoms with Gasteiger partial charge in [0.25, 0.3) is 0 Å². The molecule has 0 aliphatic rings. The molecule has 2 aromatic heterocycles. The Morgan fingerprint density at radius 3 is 2.80 bits per heavy atom. The van der Waals surface area contributed by atoms with Crippen LogP contribution in [0.3, 0.4) is 0 Å². The molecule has 0 aliphatic carbocycles. The maximum absolute atomic E-state index is 13.0. The highest BCUT2D eigenvalue weighted by molar-refractivity contribution is 6.35. The van der Waals surface area contributed by atoms with Gasteiger partial charge in [-0.15, -0.1) is 0 Å². The molecule has 5 nitrogen and oxygen atoms in total. The third-order valence-corrected chi connectivity index (χ3v) is 4.36. The fourth-order valence-corrected chi connectivity index (χ4v) is 3.08. The number of hydrogen-bond acceptors (Lipinski definition) is 4. The maximum atomic E-state index is 13.0. The van der Waals surface area contributed by atoms with Crippen molar-refractivity contribution in [1.82, 2.24) is 15.0 Å². The molecule has 1 N–H and O–H groups in total. The van der Waals surface area contributed by atoms with Gasteiger partial charge in [-0.05, 0) is 30.3 Å². The number of Topliss-reactive ketones (excluding diaryl/α,β-unsaturated/α-hetero) is 1. The molecule has 25 heavy (non-hydrogen) atoms. The van der Waals surface area contributed by atoms with Gasteiger partial charge in [-0.3, -0.25) is 9.78 Å². The number of carbonyl (C=O) groups is 1. The predicted octanol–water partition coefficient (Wildman–Crippen LogP) is 4.25.